The lowest BCUT2D eigenvalue weighted by molar-refractivity contribution is -0.130. The van der Waals surface area contributed by atoms with Crippen LogP contribution in [-0.2, 0) is 16.1 Å². The van der Waals surface area contributed by atoms with Gasteiger partial charge in [-0.3, -0.25) is 4.79 Å². The molecular weight excluding hydrogens is 188 g/mol. The number of ether oxygens (including phenoxy) is 1. The summed E-state index contributed by atoms with van der Waals surface area (Å²) in [7, 11) is 1.51. The highest BCUT2D eigenvalue weighted by Gasteiger charge is 2.10. The topological polar surface area (TPSA) is 51.2 Å². The summed E-state index contributed by atoms with van der Waals surface area (Å²) < 4.78 is 4.85. The van der Waals surface area contributed by atoms with Gasteiger partial charge >= 0.3 is 0 Å². The highest BCUT2D eigenvalue weighted by Crippen LogP contribution is 2.02. The summed E-state index contributed by atoms with van der Waals surface area (Å²) in [6.07, 6.45) is 1.31. The van der Waals surface area contributed by atoms with E-state index in [2.05, 4.69) is 10.3 Å². The van der Waals surface area contributed by atoms with Crippen molar-refractivity contribution in [1.82, 2.24) is 10.3 Å². The van der Waals surface area contributed by atoms with Crippen LogP contribution in [0, 0.1) is 0 Å². The first-order valence-corrected chi connectivity index (χ1v) is 4.81. The van der Waals surface area contributed by atoms with Crippen LogP contribution < -0.4 is 5.32 Å². The second-order valence-corrected chi connectivity index (χ2v) is 3.50. The Kier molecular flexibility index (Phi) is 3.85. The molecule has 0 saturated heterocycles. The smallest absolute Gasteiger partial charge is 0.249 e. The molecular formula is C8H12N2O2S. The van der Waals surface area contributed by atoms with Gasteiger partial charge in [0.15, 0.2) is 0 Å². The van der Waals surface area contributed by atoms with E-state index in [0.29, 0.717) is 6.54 Å². The summed E-state index contributed by atoms with van der Waals surface area (Å²) in [5.74, 6) is -0.113. The minimum atomic E-state index is -0.403. The Morgan fingerprint density at radius 1 is 1.85 bits per heavy atom. The van der Waals surface area contributed by atoms with Crippen LogP contribution in [0.25, 0.3) is 0 Å². The first-order chi connectivity index (χ1) is 6.24. The number of nitrogens with one attached hydrogen (secondary N) is 1. The van der Waals surface area contributed by atoms with Crippen molar-refractivity contribution in [2.24, 2.45) is 0 Å². The largest absolute Gasteiger partial charge is 0.372 e. The van der Waals surface area contributed by atoms with Gasteiger partial charge in [0.05, 0.1) is 6.54 Å². The number of hydrogen-bond acceptors (Lipinski definition) is 4. The minimum absolute atomic E-state index is 0.113. The van der Waals surface area contributed by atoms with Gasteiger partial charge in [0.2, 0.25) is 5.91 Å². The van der Waals surface area contributed by atoms with Gasteiger partial charge in [-0.25, -0.2) is 4.98 Å². The summed E-state index contributed by atoms with van der Waals surface area (Å²) in [6.45, 7) is 2.18. The number of rotatable bonds is 4. The van der Waals surface area contributed by atoms with E-state index in [1.165, 1.54) is 18.4 Å². The standard InChI is InChI=1S/C8H12N2O2S/c1-6(12-2)8(11)10-5-7-9-3-4-13-7/h3-4,6H,5H2,1-2H3,(H,10,11). The predicted octanol–water partition coefficient (Wildman–Crippen LogP) is 0.794. The molecule has 4 nitrogen and oxygen atoms in total. The van der Waals surface area contributed by atoms with Crippen molar-refractivity contribution in [3.8, 4) is 0 Å². The van der Waals surface area contributed by atoms with Crippen LogP contribution in [0.1, 0.15) is 11.9 Å². The molecule has 1 heterocycles. The Hall–Kier alpha value is -0.940. The van der Waals surface area contributed by atoms with Crippen molar-refractivity contribution in [2.45, 2.75) is 19.6 Å². The molecule has 1 amide bonds. The SMILES string of the molecule is COC(C)C(=O)NCc1nccs1. The zero-order valence-corrected chi connectivity index (χ0v) is 8.43. The first-order valence-electron chi connectivity index (χ1n) is 3.93. The fourth-order valence-electron chi connectivity index (χ4n) is 0.754. The van der Waals surface area contributed by atoms with Crippen LogP contribution in [0.3, 0.4) is 0 Å². The maximum Gasteiger partial charge on any atom is 0.249 e. The molecule has 0 fully saturated rings. The highest BCUT2D eigenvalue weighted by molar-refractivity contribution is 7.09. The summed E-state index contributed by atoms with van der Waals surface area (Å²) in [4.78, 5) is 15.2. The van der Waals surface area contributed by atoms with Crippen molar-refractivity contribution in [3.63, 3.8) is 0 Å². The quantitative estimate of drug-likeness (QED) is 0.782. The third kappa shape index (κ3) is 3.12. The zero-order valence-electron chi connectivity index (χ0n) is 7.61. The monoisotopic (exact) mass is 200 g/mol. The van der Waals surface area contributed by atoms with Crippen molar-refractivity contribution in [1.29, 1.82) is 0 Å². The Morgan fingerprint density at radius 2 is 2.62 bits per heavy atom. The summed E-state index contributed by atoms with van der Waals surface area (Å²) in [5, 5.41) is 5.50. The fourth-order valence-corrected chi connectivity index (χ4v) is 1.31. The number of nitrogens with zero attached hydrogens (tertiary/aromatic N) is 1. The van der Waals surface area contributed by atoms with Crippen LogP contribution in [0.2, 0.25) is 0 Å². The average molecular weight is 200 g/mol. The van der Waals surface area contributed by atoms with E-state index in [0.717, 1.165) is 5.01 Å². The highest BCUT2D eigenvalue weighted by atomic mass is 32.1. The van der Waals surface area contributed by atoms with Gasteiger partial charge in [-0.2, -0.15) is 0 Å². The van der Waals surface area contributed by atoms with Crippen LogP contribution in [0.15, 0.2) is 11.6 Å². The molecule has 1 N–H and O–H groups in total. The summed E-state index contributed by atoms with van der Waals surface area (Å²) in [5.41, 5.74) is 0. The van der Waals surface area contributed by atoms with Crippen molar-refractivity contribution < 1.29 is 9.53 Å². The van der Waals surface area contributed by atoms with E-state index < -0.39 is 6.10 Å². The average Bonchev–Trinajstić information content (AvgIpc) is 2.65. The third-order valence-corrected chi connectivity index (χ3v) is 2.40. The Labute approximate surface area is 80.9 Å². The van der Waals surface area contributed by atoms with Gasteiger partial charge in [-0.05, 0) is 6.92 Å². The zero-order chi connectivity index (χ0) is 9.68. The van der Waals surface area contributed by atoms with Crippen molar-refractivity contribution >= 4 is 17.2 Å². The molecule has 0 aliphatic rings. The van der Waals surface area contributed by atoms with E-state index >= 15 is 0 Å². The molecule has 5 heteroatoms. The summed E-state index contributed by atoms with van der Waals surface area (Å²) >= 11 is 1.52. The molecule has 13 heavy (non-hydrogen) atoms. The van der Waals surface area contributed by atoms with E-state index in [1.807, 2.05) is 5.38 Å². The van der Waals surface area contributed by atoms with Crippen LogP contribution >= 0.6 is 11.3 Å². The van der Waals surface area contributed by atoms with Gasteiger partial charge in [0.25, 0.3) is 0 Å². The number of hydrogen-bond donors (Lipinski definition) is 1. The molecule has 72 valence electrons. The van der Waals surface area contributed by atoms with Crippen LogP contribution in [-0.4, -0.2) is 24.1 Å². The van der Waals surface area contributed by atoms with Crippen molar-refractivity contribution in [3.05, 3.63) is 16.6 Å². The number of aromatic nitrogens is 1. The molecule has 0 saturated carbocycles. The minimum Gasteiger partial charge on any atom is -0.372 e. The van der Waals surface area contributed by atoms with E-state index in [-0.39, 0.29) is 5.91 Å². The number of methoxy groups -OCH3 is 1. The number of thiazole rings is 1. The third-order valence-electron chi connectivity index (χ3n) is 1.62. The van der Waals surface area contributed by atoms with Crippen molar-refractivity contribution in [2.75, 3.05) is 7.11 Å². The lowest BCUT2D eigenvalue weighted by atomic mass is 10.4. The normalized spacial score (nSPS) is 12.5. The van der Waals surface area contributed by atoms with E-state index in [1.54, 1.807) is 13.1 Å². The number of carbonyl (C=O) groups is 1. The van der Waals surface area contributed by atoms with Gasteiger partial charge in [-0.1, -0.05) is 0 Å². The fraction of sp³-hybridized carbons (Fsp3) is 0.500. The molecule has 0 radical (unpaired) electrons. The van der Waals surface area contributed by atoms with Crippen LogP contribution in [0.5, 0.6) is 0 Å². The molecule has 0 bridgehead atoms. The maximum absolute atomic E-state index is 11.2. The molecule has 0 aliphatic carbocycles. The Balaban J connectivity index is 2.31. The predicted molar refractivity (Wildman–Crippen MR) is 50.4 cm³/mol. The molecule has 1 unspecified atom stereocenters. The molecule has 1 aromatic rings. The first kappa shape index (κ1) is 10.1. The maximum atomic E-state index is 11.2. The molecule has 1 atom stereocenters. The number of carbonyl (C=O) groups excluding carboxylic acids is 1. The van der Waals surface area contributed by atoms with E-state index in [4.69, 9.17) is 4.74 Å². The molecule has 0 aromatic carbocycles. The Morgan fingerprint density at radius 3 is 3.15 bits per heavy atom. The van der Waals surface area contributed by atoms with Gasteiger partial charge in [0.1, 0.15) is 11.1 Å². The van der Waals surface area contributed by atoms with Gasteiger partial charge in [0, 0.05) is 18.7 Å². The van der Waals surface area contributed by atoms with Gasteiger partial charge < -0.3 is 10.1 Å². The lowest BCUT2D eigenvalue weighted by Crippen LogP contribution is -2.33. The molecule has 0 aliphatic heterocycles. The lowest BCUT2D eigenvalue weighted by Gasteiger charge is -2.08. The molecule has 0 spiro atoms. The second-order valence-electron chi connectivity index (χ2n) is 2.52. The van der Waals surface area contributed by atoms with E-state index in [9.17, 15) is 4.79 Å². The molecule has 1 rings (SSSR count). The van der Waals surface area contributed by atoms with Crippen LogP contribution in [0.4, 0.5) is 0 Å². The molecule has 1 aromatic heterocycles. The number of amides is 1. The summed E-state index contributed by atoms with van der Waals surface area (Å²) in [6, 6.07) is 0. The van der Waals surface area contributed by atoms with Gasteiger partial charge in [-0.15, -0.1) is 11.3 Å². The second kappa shape index (κ2) is 4.94. The Bertz CT molecular complexity index is 261.